The van der Waals surface area contributed by atoms with E-state index in [0.717, 1.165) is 25.0 Å². The molecule has 2 N–H and O–H groups in total. The summed E-state index contributed by atoms with van der Waals surface area (Å²) in [5.41, 5.74) is 5.97. The van der Waals surface area contributed by atoms with Gasteiger partial charge in [-0.2, -0.15) is 13.2 Å². The van der Waals surface area contributed by atoms with Crippen LogP contribution in [0.2, 0.25) is 0 Å². The minimum absolute atomic E-state index is 0. The molecule has 0 bridgehead atoms. The Morgan fingerprint density at radius 3 is 2.42 bits per heavy atom. The van der Waals surface area contributed by atoms with Crippen molar-refractivity contribution in [1.29, 1.82) is 0 Å². The van der Waals surface area contributed by atoms with Crippen LogP contribution in [0.5, 0.6) is 0 Å². The van der Waals surface area contributed by atoms with Crippen LogP contribution in [0.3, 0.4) is 0 Å². The van der Waals surface area contributed by atoms with Gasteiger partial charge in [0.25, 0.3) is 0 Å². The van der Waals surface area contributed by atoms with Crippen molar-refractivity contribution in [3.05, 3.63) is 35.4 Å². The molecule has 1 heterocycles. The molecule has 19 heavy (non-hydrogen) atoms. The second kappa shape index (κ2) is 6.59. The van der Waals surface area contributed by atoms with Crippen molar-refractivity contribution in [3.63, 3.8) is 0 Å². The van der Waals surface area contributed by atoms with Gasteiger partial charge in [-0.1, -0.05) is 12.1 Å². The number of nitrogens with two attached hydrogens (primary N) is 1. The maximum absolute atomic E-state index is 12.6. The van der Waals surface area contributed by atoms with Gasteiger partial charge >= 0.3 is 6.18 Å². The van der Waals surface area contributed by atoms with Gasteiger partial charge in [0.05, 0.1) is 5.56 Å². The molecule has 2 nitrogen and oxygen atoms in total. The highest BCUT2D eigenvalue weighted by Crippen LogP contribution is 2.33. The summed E-state index contributed by atoms with van der Waals surface area (Å²) in [6, 6.07) is 4.95. The van der Waals surface area contributed by atoms with Crippen LogP contribution < -0.4 is 5.73 Å². The molecule has 1 atom stereocenters. The first kappa shape index (κ1) is 16.3. The highest BCUT2D eigenvalue weighted by atomic mass is 35.5. The molecule has 1 saturated heterocycles. The van der Waals surface area contributed by atoms with Crippen molar-refractivity contribution >= 4 is 12.4 Å². The van der Waals surface area contributed by atoms with Crippen LogP contribution in [-0.2, 0) is 10.9 Å². The first-order valence-electron chi connectivity index (χ1n) is 5.99. The van der Waals surface area contributed by atoms with Gasteiger partial charge in [-0.25, -0.2) is 0 Å². The van der Waals surface area contributed by atoms with Crippen molar-refractivity contribution in [3.8, 4) is 0 Å². The molecular formula is C13H17ClF3NO. The molecule has 0 aromatic heterocycles. The van der Waals surface area contributed by atoms with Crippen LogP contribution in [0, 0.1) is 5.92 Å². The molecule has 6 heteroatoms. The van der Waals surface area contributed by atoms with E-state index in [1.165, 1.54) is 6.07 Å². The third-order valence-corrected chi connectivity index (χ3v) is 3.37. The van der Waals surface area contributed by atoms with Gasteiger partial charge in [0.15, 0.2) is 0 Å². The third-order valence-electron chi connectivity index (χ3n) is 3.37. The number of alkyl halides is 3. The predicted molar refractivity (Wildman–Crippen MR) is 69.2 cm³/mol. The van der Waals surface area contributed by atoms with Gasteiger partial charge < -0.3 is 10.5 Å². The Morgan fingerprint density at radius 1 is 1.21 bits per heavy atom. The van der Waals surface area contributed by atoms with E-state index in [2.05, 4.69) is 0 Å². The van der Waals surface area contributed by atoms with E-state index in [0.29, 0.717) is 18.8 Å². The zero-order valence-electron chi connectivity index (χ0n) is 10.3. The Balaban J connectivity index is 0.00000180. The molecule has 1 fully saturated rings. The fraction of sp³-hybridized carbons (Fsp3) is 0.538. The summed E-state index contributed by atoms with van der Waals surface area (Å²) in [5, 5.41) is 0. The summed E-state index contributed by atoms with van der Waals surface area (Å²) in [6.07, 6.45) is -2.71. The molecule has 0 amide bonds. The van der Waals surface area contributed by atoms with E-state index in [1.807, 2.05) is 0 Å². The number of ether oxygens (including phenoxy) is 1. The normalized spacial score (nSPS) is 18.7. The fourth-order valence-corrected chi connectivity index (χ4v) is 2.27. The van der Waals surface area contributed by atoms with Gasteiger partial charge in [0.1, 0.15) is 0 Å². The molecule has 0 spiro atoms. The SMILES string of the molecule is Cl.N[C@@H](c1cccc(C(F)(F)F)c1)C1CCOCC1. The Kier molecular flexibility index (Phi) is 5.64. The minimum Gasteiger partial charge on any atom is -0.381 e. The lowest BCUT2D eigenvalue weighted by Crippen LogP contribution is -2.27. The summed E-state index contributed by atoms with van der Waals surface area (Å²) in [6.45, 7) is 1.27. The molecule has 0 saturated carbocycles. The Labute approximate surface area is 116 Å². The third kappa shape index (κ3) is 4.09. The first-order chi connectivity index (χ1) is 8.48. The summed E-state index contributed by atoms with van der Waals surface area (Å²) < 4.78 is 43.1. The first-order valence-corrected chi connectivity index (χ1v) is 5.99. The molecule has 1 aromatic carbocycles. The summed E-state index contributed by atoms with van der Waals surface area (Å²) in [7, 11) is 0. The Bertz CT molecular complexity index is 405. The van der Waals surface area contributed by atoms with Crippen molar-refractivity contribution in [2.24, 2.45) is 11.7 Å². The summed E-state index contributed by atoms with van der Waals surface area (Å²) in [5.74, 6) is 0.197. The van der Waals surface area contributed by atoms with Crippen LogP contribution in [-0.4, -0.2) is 13.2 Å². The summed E-state index contributed by atoms with van der Waals surface area (Å²) >= 11 is 0. The van der Waals surface area contributed by atoms with Crippen LogP contribution in [0.25, 0.3) is 0 Å². The fourth-order valence-electron chi connectivity index (χ4n) is 2.27. The molecule has 1 aliphatic heterocycles. The zero-order valence-corrected chi connectivity index (χ0v) is 11.1. The molecule has 2 rings (SSSR count). The lowest BCUT2D eigenvalue weighted by molar-refractivity contribution is -0.137. The number of benzene rings is 1. The number of hydrogen-bond acceptors (Lipinski definition) is 2. The molecular weight excluding hydrogens is 279 g/mol. The van der Waals surface area contributed by atoms with E-state index in [1.54, 1.807) is 6.07 Å². The van der Waals surface area contributed by atoms with E-state index >= 15 is 0 Å². The maximum Gasteiger partial charge on any atom is 0.416 e. The molecule has 1 aliphatic rings. The van der Waals surface area contributed by atoms with Gasteiger partial charge in [-0.05, 0) is 36.5 Å². The van der Waals surface area contributed by atoms with Crippen molar-refractivity contribution < 1.29 is 17.9 Å². The number of rotatable bonds is 2. The van der Waals surface area contributed by atoms with Crippen LogP contribution in [0.1, 0.15) is 30.0 Å². The Morgan fingerprint density at radius 2 is 1.84 bits per heavy atom. The predicted octanol–water partition coefficient (Wildman–Crippen LogP) is 3.55. The van der Waals surface area contributed by atoms with Crippen molar-refractivity contribution in [1.82, 2.24) is 0 Å². The topological polar surface area (TPSA) is 35.2 Å². The number of hydrogen-bond donors (Lipinski definition) is 1. The monoisotopic (exact) mass is 295 g/mol. The average molecular weight is 296 g/mol. The quantitative estimate of drug-likeness (QED) is 0.905. The van der Waals surface area contributed by atoms with Gasteiger partial charge in [-0.15, -0.1) is 12.4 Å². The van der Waals surface area contributed by atoms with Crippen LogP contribution >= 0.6 is 12.4 Å². The van der Waals surface area contributed by atoms with Crippen LogP contribution in [0.4, 0.5) is 13.2 Å². The summed E-state index contributed by atoms with van der Waals surface area (Å²) in [4.78, 5) is 0. The molecule has 1 aromatic rings. The van der Waals surface area contributed by atoms with Gasteiger partial charge in [0.2, 0.25) is 0 Å². The van der Waals surface area contributed by atoms with Gasteiger partial charge in [-0.3, -0.25) is 0 Å². The van der Waals surface area contributed by atoms with Crippen molar-refractivity contribution in [2.75, 3.05) is 13.2 Å². The lowest BCUT2D eigenvalue weighted by Gasteiger charge is -2.28. The van der Waals surface area contributed by atoms with Gasteiger partial charge in [0, 0.05) is 19.3 Å². The highest BCUT2D eigenvalue weighted by molar-refractivity contribution is 5.85. The molecule has 0 unspecified atom stereocenters. The smallest absolute Gasteiger partial charge is 0.381 e. The van der Waals surface area contributed by atoms with Crippen molar-refractivity contribution in [2.45, 2.75) is 25.1 Å². The van der Waals surface area contributed by atoms with E-state index in [-0.39, 0.29) is 24.4 Å². The van der Waals surface area contributed by atoms with E-state index in [9.17, 15) is 13.2 Å². The largest absolute Gasteiger partial charge is 0.416 e. The molecule has 0 radical (unpaired) electrons. The second-order valence-corrected chi connectivity index (χ2v) is 4.60. The lowest BCUT2D eigenvalue weighted by atomic mass is 9.87. The Hall–Kier alpha value is -0.780. The zero-order chi connectivity index (χ0) is 13.2. The highest BCUT2D eigenvalue weighted by Gasteiger charge is 2.31. The average Bonchev–Trinajstić information content (AvgIpc) is 2.38. The second-order valence-electron chi connectivity index (χ2n) is 4.60. The maximum atomic E-state index is 12.6. The van der Waals surface area contributed by atoms with Crippen LogP contribution in [0.15, 0.2) is 24.3 Å². The minimum atomic E-state index is -4.31. The standard InChI is InChI=1S/C13H16F3NO.ClH/c14-13(15,16)11-3-1-2-10(8-11)12(17)9-4-6-18-7-5-9;/h1-3,8-9,12H,4-7,17H2;1H/t12-;/m1./s1. The van der Waals surface area contributed by atoms with E-state index < -0.39 is 11.7 Å². The molecule has 108 valence electrons. The number of halogens is 4. The van der Waals surface area contributed by atoms with E-state index in [4.69, 9.17) is 10.5 Å². The molecule has 0 aliphatic carbocycles.